The molecule has 0 spiro atoms. The number of anilines is 2. The van der Waals surface area contributed by atoms with E-state index in [1.807, 2.05) is 6.07 Å². The average Bonchev–Trinajstić information content (AvgIpc) is 1.80. The highest BCUT2D eigenvalue weighted by molar-refractivity contribution is 7.65. The summed E-state index contributed by atoms with van der Waals surface area (Å²) in [5, 5.41) is 5.41. The van der Waals surface area contributed by atoms with Gasteiger partial charge in [0.15, 0.2) is 5.78 Å². The first kappa shape index (κ1) is 58.4. The first-order chi connectivity index (χ1) is 39.7. The zero-order chi connectivity index (χ0) is 58.4. The number of hydrogen-bond acceptors (Lipinski definition) is 19. The Bertz CT molecular complexity index is 3840. The van der Waals surface area contributed by atoms with Crippen LogP contribution in [0.2, 0.25) is 0 Å². The fourth-order valence-electron chi connectivity index (χ4n) is 12.3. The van der Waals surface area contributed by atoms with Gasteiger partial charge in [0.05, 0.1) is 42.4 Å². The van der Waals surface area contributed by atoms with Gasteiger partial charge in [0.25, 0.3) is 23.5 Å². The Kier molecular flexibility index (Phi) is 16.9. The van der Waals surface area contributed by atoms with Gasteiger partial charge in [-0.05, 0) is 98.8 Å². The molecule has 11 rings (SSSR count). The van der Waals surface area contributed by atoms with Crippen LogP contribution in [0.1, 0.15) is 112 Å². The van der Waals surface area contributed by atoms with Crippen LogP contribution in [-0.2, 0) is 66.7 Å². The molecular formula is C57H62N7O16P3-2. The van der Waals surface area contributed by atoms with Crippen LogP contribution in [0.4, 0.5) is 16.3 Å². The maximum absolute atomic E-state index is 14.1. The van der Waals surface area contributed by atoms with E-state index in [9.17, 15) is 38.0 Å². The number of Topliss-reactive ketones (excluding diaryl/α,β-unsaturated/α-hetero) is 1. The maximum Gasteiger partial charge on any atom is 0.408 e. The Labute approximate surface area is 478 Å². The molecule has 4 unspecified atom stereocenters. The van der Waals surface area contributed by atoms with Gasteiger partial charge in [0.1, 0.15) is 61.3 Å². The first-order valence-electron chi connectivity index (χ1n) is 27.6. The number of phosphoric ester groups is 1. The third-order valence-electron chi connectivity index (χ3n) is 15.8. The van der Waals surface area contributed by atoms with Crippen molar-refractivity contribution in [2.75, 3.05) is 63.2 Å². The standard InChI is InChI=1S/C57H64N7O16P3/c1-4-25-74-46-29-48(77-47(46)32-76-82(70,71)80-83(72,73)79-81(67,68)69)64-30-39(49-55(58)60-33-61-56(49)64)12-6-20-59-57(66)75-31-34(2)11-5-17-45(65)36-19-18-35(3)42(26-36)50-43-27-37-13-7-21-62-23-9-15-40(51(37)62)53(43)78-54-41-16-10-24-63-22-8-14-38(52(41)63)28-44(50)54/h4,18-19,26-28,30,33,46-48H,1-2,5,7-11,13-17,20-25,29,31-32H2,3H3,(H6-,58,59,60,61,66,67,68,69,70,71,72,73)/p-2/t46?,47-,48-/m1/s1. The number of nitrogen functional groups attached to an aromatic ring is 1. The van der Waals surface area contributed by atoms with Crippen LogP contribution in [0.15, 0.2) is 67.7 Å². The maximum atomic E-state index is 14.1. The fraction of sp³-hybridized carbons (Fsp3) is 0.421. The van der Waals surface area contributed by atoms with Crippen LogP contribution in [0.25, 0.3) is 16.6 Å². The van der Waals surface area contributed by atoms with Gasteiger partial charge in [-0.3, -0.25) is 18.5 Å². The van der Waals surface area contributed by atoms with Gasteiger partial charge in [-0.2, -0.15) is 0 Å². The lowest BCUT2D eigenvalue weighted by Gasteiger charge is -2.39. The second-order valence-electron chi connectivity index (χ2n) is 21.4. The average molecular weight is 1190 g/mol. The van der Waals surface area contributed by atoms with Crippen molar-refractivity contribution in [3.05, 3.63) is 128 Å². The van der Waals surface area contributed by atoms with E-state index in [2.05, 4.69) is 94.1 Å². The van der Waals surface area contributed by atoms with Crippen LogP contribution in [-0.4, -0.2) is 96.1 Å². The largest absolute Gasteiger partial charge is 0.756 e. The summed E-state index contributed by atoms with van der Waals surface area (Å²) < 4.78 is 75.3. The van der Waals surface area contributed by atoms with Crippen molar-refractivity contribution in [2.24, 2.45) is 0 Å². The van der Waals surface area contributed by atoms with Crippen LogP contribution in [0.3, 0.4) is 0 Å². The van der Waals surface area contributed by atoms with Gasteiger partial charge in [-0.1, -0.05) is 36.6 Å². The molecule has 1 saturated heterocycles. The molecule has 0 bridgehead atoms. The summed E-state index contributed by atoms with van der Waals surface area (Å²) in [7, 11) is -17.9. The number of nitrogens with zero attached hydrogens (tertiary/aromatic N) is 5. The minimum absolute atomic E-state index is 0.00840. The molecule has 6 aliphatic heterocycles. The van der Waals surface area contributed by atoms with Crippen molar-refractivity contribution < 1.29 is 75.0 Å². The van der Waals surface area contributed by atoms with Gasteiger partial charge in [-0.15, -0.1) is 6.58 Å². The highest BCUT2D eigenvalue weighted by Gasteiger charge is 2.40. The number of carbonyl (C=O) groups is 2. The molecule has 8 heterocycles. The Balaban J connectivity index is 0.719. The van der Waals surface area contributed by atoms with Crippen molar-refractivity contribution in [1.29, 1.82) is 0 Å². The molecule has 6 atom stereocenters. The van der Waals surface area contributed by atoms with Gasteiger partial charge in [-0.25, -0.2) is 28.0 Å². The van der Waals surface area contributed by atoms with E-state index < -0.39 is 54.6 Å². The molecule has 438 valence electrons. The smallest absolute Gasteiger partial charge is 0.408 e. The molecule has 0 radical (unpaired) electrons. The summed E-state index contributed by atoms with van der Waals surface area (Å²) in [5.74, 6) is 7.83. The zero-order valence-electron chi connectivity index (χ0n) is 45.6. The third kappa shape index (κ3) is 12.6. The highest BCUT2D eigenvalue weighted by atomic mass is 31.3. The lowest BCUT2D eigenvalue weighted by atomic mass is 9.81. The second-order valence-corrected chi connectivity index (χ2v) is 25.7. The molecule has 0 aliphatic carbocycles. The molecule has 1 fully saturated rings. The van der Waals surface area contributed by atoms with E-state index >= 15 is 0 Å². The van der Waals surface area contributed by atoms with Crippen molar-refractivity contribution in [3.8, 4) is 23.3 Å². The zero-order valence-corrected chi connectivity index (χ0v) is 48.3. The number of fused-ring (bicyclic) bond motifs is 5. The van der Waals surface area contributed by atoms with Gasteiger partial charge >= 0.3 is 6.09 Å². The Hall–Kier alpha value is -6.34. The van der Waals surface area contributed by atoms with E-state index in [1.54, 1.807) is 10.8 Å². The summed E-state index contributed by atoms with van der Waals surface area (Å²) in [4.78, 5) is 81.5. The van der Waals surface area contributed by atoms with Gasteiger partial charge in [0, 0.05) is 83.7 Å². The van der Waals surface area contributed by atoms with Crippen LogP contribution in [0.5, 0.6) is 11.5 Å². The van der Waals surface area contributed by atoms with E-state index in [0.29, 0.717) is 34.9 Å². The number of rotatable bonds is 20. The van der Waals surface area contributed by atoms with Crippen LogP contribution >= 0.6 is 23.5 Å². The summed E-state index contributed by atoms with van der Waals surface area (Å²) in [6.45, 7) is 13.0. The number of ketones is 1. The number of nitrogens with one attached hydrogen (secondary N) is 1. The summed E-state index contributed by atoms with van der Waals surface area (Å²) in [6.07, 6.45) is 10.1. The number of nitrogens with two attached hydrogens (primary N) is 1. The number of hydrogen-bond donors (Lipinski definition) is 3. The van der Waals surface area contributed by atoms with Gasteiger partial charge in [0.2, 0.25) is 5.36 Å². The summed E-state index contributed by atoms with van der Waals surface area (Å²) >= 11 is 0. The molecule has 2 aromatic heterocycles. The normalized spacial score (nSPS) is 20.7. The van der Waals surface area contributed by atoms with E-state index in [0.717, 1.165) is 117 Å². The Morgan fingerprint density at radius 3 is 2.53 bits per heavy atom. The molecule has 4 N–H and O–H groups in total. The number of amides is 1. The molecular weight excluding hydrogens is 1130 g/mol. The van der Waals surface area contributed by atoms with Crippen molar-refractivity contribution >= 4 is 63.5 Å². The predicted octanol–water partition coefficient (Wildman–Crippen LogP) is 4.75. The SMILES string of the molecule is C=CCOC1C[C@H](n2cc(C#CCNC(=O)OCC(=C)CCCC(=O)c3ccc(C)c(C4=c5cc6c7c(c5Oc5c4cc4c8c5CCCN8CCC4)CCC[N+]=7CCC6)c3)c3c(N)ncnc32)O[C@@H]1COP(=O)([O-])OP(=O)([O-])OP(=O)([O-])O. The number of carbonyl (C=O) groups excluding carboxylic acids is 2. The molecule has 23 nitrogen and oxygen atoms in total. The predicted molar refractivity (Wildman–Crippen MR) is 299 cm³/mol. The fourth-order valence-corrected chi connectivity index (χ4v) is 15.2. The van der Waals surface area contributed by atoms with Crippen molar-refractivity contribution in [2.45, 2.75) is 102 Å². The first-order valence-corrected chi connectivity index (χ1v) is 32.0. The topological polar surface area (TPSA) is 314 Å². The van der Waals surface area contributed by atoms with Crippen LogP contribution < -0.4 is 50.5 Å². The number of benzene rings is 3. The summed E-state index contributed by atoms with van der Waals surface area (Å²) in [5.41, 5.74) is 19.3. The molecule has 1 amide bonds. The summed E-state index contributed by atoms with van der Waals surface area (Å²) in [6, 6.07) is 10.8. The Morgan fingerprint density at radius 1 is 0.964 bits per heavy atom. The van der Waals surface area contributed by atoms with Crippen molar-refractivity contribution in [1.82, 2.24) is 24.4 Å². The van der Waals surface area contributed by atoms with Crippen molar-refractivity contribution in [3.63, 3.8) is 0 Å². The number of aromatic nitrogens is 3. The lowest BCUT2D eigenvalue weighted by Crippen LogP contribution is -2.45. The molecule has 3 aromatic carbocycles. The quantitative estimate of drug-likeness (QED) is 0.0305. The lowest BCUT2D eigenvalue weighted by molar-refractivity contribution is -0.250. The molecule has 83 heavy (non-hydrogen) atoms. The second kappa shape index (κ2) is 24.0. The highest BCUT2D eigenvalue weighted by Crippen LogP contribution is 2.61. The van der Waals surface area contributed by atoms with E-state index in [1.165, 1.54) is 45.7 Å². The number of alkyl carbamates (subject to hydrolysis) is 1. The minimum Gasteiger partial charge on any atom is -0.756 e. The Morgan fingerprint density at radius 2 is 1.73 bits per heavy atom. The molecule has 26 heteroatoms. The third-order valence-corrected chi connectivity index (χ3v) is 19.5. The van der Waals surface area contributed by atoms with Gasteiger partial charge < -0.3 is 63.6 Å². The van der Waals surface area contributed by atoms with E-state index in [4.69, 9.17) is 29.6 Å². The minimum atomic E-state index is -6.13. The molecule has 0 saturated carbocycles. The molecule has 5 aromatic rings. The number of phosphoric acid groups is 3. The monoisotopic (exact) mass is 1190 g/mol. The van der Waals surface area contributed by atoms with E-state index in [-0.39, 0.29) is 49.8 Å². The number of aryl methyl sites for hydroxylation is 3. The molecule has 6 aliphatic rings. The number of ether oxygens (including phenoxy) is 4. The van der Waals surface area contributed by atoms with Crippen LogP contribution in [0, 0.1) is 18.8 Å².